The molecule has 1 fully saturated rings. The molecule has 122 valence electrons. The zero-order valence-electron chi connectivity index (χ0n) is 12.7. The zero-order chi connectivity index (χ0) is 16.0. The number of hydrogen-bond donors (Lipinski definition) is 1. The Morgan fingerprint density at radius 1 is 1.32 bits per heavy atom. The van der Waals surface area contributed by atoms with E-state index in [-0.39, 0.29) is 18.6 Å². The normalized spacial score (nSPS) is 18.6. The molecule has 0 saturated heterocycles. The number of nitrogens with zero attached hydrogens (tertiary/aromatic N) is 1. The standard InChI is InChI=1S/C15H22NO4PS/c1-16(13-8-4-2-5-9-13)15(17)12-19-21(18,22)20-14-10-6-3-7-11-14/h2,4-5,8-9,14H,3,6-7,10-12H2,1H3,(H,18,22). The van der Waals surface area contributed by atoms with Gasteiger partial charge in [-0.05, 0) is 36.8 Å². The van der Waals surface area contributed by atoms with E-state index in [1.165, 1.54) is 11.3 Å². The third-order valence-corrected chi connectivity index (χ3v) is 5.30. The van der Waals surface area contributed by atoms with Crippen LogP contribution in [0.1, 0.15) is 32.1 Å². The second kappa shape index (κ2) is 8.18. The Morgan fingerprint density at radius 3 is 2.59 bits per heavy atom. The fourth-order valence-electron chi connectivity index (χ4n) is 2.42. The van der Waals surface area contributed by atoms with Crippen molar-refractivity contribution >= 4 is 30.1 Å². The van der Waals surface area contributed by atoms with Crippen LogP contribution in [0, 0.1) is 0 Å². The fraction of sp³-hybridized carbons (Fsp3) is 0.533. The Morgan fingerprint density at radius 2 is 1.95 bits per heavy atom. The van der Waals surface area contributed by atoms with Crippen LogP contribution < -0.4 is 4.90 Å². The van der Waals surface area contributed by atoms with E-state index in [4.69, 9.17) is 20.9 Å². The van der Waals surface area contributed by atoms with Crippen LogP contribution in [-0.2, 0) is 25.6 Å². The quantitative estimate of drug-likeness (QED) is 0.804. The predicted octanol–water partition coefficient (Wildman–Crippen LogP) is 3.23. The van der Waals surface area contributed by atoms with Crippen molar-refractivity contribution in [1.29, 1.82) is 0 Å². The molecule has 1 atom stereocenters. The second-order valence-electron chi connectivity index (χ2n) is 5.40. The molecule has 1 aliphatic carbocycles. The van der Waals surface area contributed by atoms with E-state index in [1.807, 2.05) is 30.3 Å². The van der Waals surface area contributed by atoms with Gasteiger partial charge in [-0.2, -0.15) is 0 Å². The van der Waals surface area contributed by atoms with Gasteiger partial charge in [-0.3, -0.25) is 9.32 Å². The summed E-state index contributed by atoms with van der Waals surface area (Å²) in [6, 6.07) is 9.23. The molecule has 2 rings (SSSR count). The Hall–Kier alpha value is -0.780. The first kappa shape index (κ1) is 17.6. The summed E-state index contributed by atoms with van der Waals surface area (Å²) < 4.78 is 10.7. The van der Waals surface area contributed by atoms with Crippen molar-refractivity contribution in [3.8, 4) is 0 Å². The van der Waals surface area contributed by atoms with Crippen molar-refractivity contribution in [3.63, 3.8) is 0 Å². The Balaban J connectivity index is 1.82. The first-order valence-corrected chi connectivity index (χ1v) is 10.0. The number of likely N-dealkylation sites (N-methyl/N-ethyl adjacent to an activating group) is 1. The van der Waals surface area contributed by atoms with E-state index in [1.54, 1.807) is 7.05 Å². The predicted molar refractivity (Wildman–Crippen MR) is 90.3 cm³/mol. The van der Waals surface area contributed by atoms with Gasteiger partial charge in [0.25, 0.3) is 5.91 Å². The van der Waals surface area contributed by atoms with E-state index >= 15 is 0 Å². The molecule has 0 aromatic heterocycles. The van der Waals surface area contributed by atoms with E-state index in [0.29, 0.717) is 0 Å². The zero-order valence-corrected chi connectivity index (χ0v) is 14.4. The molecule has 0 spiro atoms. The number of rotatable bonds is 6. The molecule has 1 aromatic carbocycles. The average Bonchev–Trinajstić information content (AvgIpc) is 2.53. The molecule has 1 N–H and O–H groups in total. The summed E-state index contributed by atoms with van der Waals surface area (Å²) in [6.45, 7) is -3.65. The molecule has 0 radical (unpaired) electrons. The maximum absolute atomic E-state index is 12.1. The van der Waals surface area contributed by atoms with Crippen LogP contribution in [0.4, 0.5) is 5.69 Å². The molecule has 0 aliphatic heterocycles. The molecule has 22 heavy (non-hydrogen) atoms. The number of carbonyl (C=O) groups excluding carboxylic acids is 1. The van der Waals surface area contributed by atoms with E-state index in [9.17, 15) is 9.69 Å². The SMILES string of the molecule is CN(C(=O)COP(O)(=S)OC1CCCCC1)c1ccccc1. The summed E-state index contributed by atoms with van der Waals surface area (Å²) in [5, 5.41) is 0. The van der Waals surface area contributed by atoms with Crippen LogP contribution in [-0.4, -0.2) is 30.6 Å². The van der Waals surface area contributed by atoms with Gasteiger partial charge in [-0.15, -0.1) is 0 Å². The van der Waals surface area contributed by atoms with Gasteiger partial charge in [0.05, 0.1) is 6.10 Å². The van der Waals surface area contributed by atoms with Gasteiger partial charge in [0.1, 0.15) is 6.61 Å². The van der Waals surface area contributed by atoms with E-state index < -0.39 is 6.72 Å². The molecular weight excluding hydrogens is 321 g/mol. The van der Waals surface area contributed by atoms with Crippen LogP contribution in [0.25, 0.3) is 0 Å². The van der Waals surface area contributed by atoms with Gasteiger partial charge in [-0.25, -0.2) is 0 Å². The molecule has 1 saturated carbocycles. The third-order valence-electron chi connectivity index (χ3n) is 3.70. The summed E-state index contributed by atoms with van der Waals surface area (Å²) >= 11 is 5.00. The first-order valence-electron chi connectivity index (χ1n) is 7.45. The van der Waals surface area contributed by atoms with Crippen LogP contribution in [0.2, 0.25) is 0 Å². The lowest BCUT2D eigenvalue weighted by atomic mass is 9.98. The van der Waals surface area contributed by atoms with Gasteiger partial charge >= 0.3 is 6.72 Å². The number of hydrogen-bond acceptors (Lipinski definition) is 4. The summed E-state index contributed by atoms with van der Waals surface area (Å²) in [6.07, 6.45) is 5.08. The maximum Gasteiger partial charge on any atom is 0.325 e. The van der Waals surface area contributed by atoms with Crippen molar-refractivity contribution in [2.45, 2.75) is 38.2 Å². The summed E-state index contributed by atoms with van der Waals surface area (Å²) in [4.78, 5) is 23.6. The molecule has 1 amide bonds. The van der Waals surface area contributed by atoms with Crippen LogP contribution in [0.15, 0.2) is 30.3 Å². The highest BCUT2D eigenvalue weighted by atomic mass is 32.5. The van der Waals surface area contributed by atoms with Crippen molar-refractivity contribution in [2.75, 3.05) is 18.6 Å². The summed E-state index contributed by atoms with van der Waals surface area (Å²) in [5.41, 5.74) is 0.760. The van der Waals surface area contributed by atoms with Crippen LogP contribution in [0.3, 0.4) is 0 Å². The highest BCUT2D eigenvalue weighted by Crippen LogP contribution is 2.47. The Bertz CT molecular complexity index is 534. The van der Waals surface area contributed by atoms with Crippen molar-refractivity contribution in [1.82, 2.24) is 0 Å². The molecule has 0 bridgehead atoms. The lowest BCUT2D eigenvalue weighted by Crippen LogP contribution is -2.30. The van der Waals surface area contributed by atoms with Crippen molar-refractivity contribution < 1.29 is 18.7 Å². The number of benzene rings is 1. The molecule has 0 heterocycles. The monoisotopic (exact) mass is 343 g/mol. The van der Waals surface area contributed by atoms with E-state index in [2.05, 4.69) is 0 Å². The molecule has 1 unspecified atom stereocenters. The highest BCUT2D eigenvalue weighted by Gasteiger charge is 2.25. The molecule has 7 heteroatoms. The summed E-state index contributed by atoms with van der Waals surface area (Å²) in [5.74, 6) is -0.276. The molecule has 5 nitrogen and oxygen atoms in total. The van der Waals surface area contributed by atoms with Gasteiger partial charge in [0, 0.05) is 12.7 Å². The van der Waals surface area contributed by atoms with Gasteiger partial charge in [0.15, 0.2) is 0 Å². The highest BCUT2D eigenvalue weighted by molar-refractivity contribution is 8.07. The van der Waals surface area contributed by atoms with E-state index in [0.717, 1.165) is 31.4 Å². The molecule has 1 aromatic rings. The van der Waals surface area contributed by atoms with Crippen LogP contribution >= 0.6 is 6.72 Å². The lowest BCUT2D eigenvalue weighted by molar-refractivity contribution is -0.120. The van der Waals surface area contributed by atoms with Crippen molar-refractivity contribution in [2.24, 2.45) is 0 Å². The largest absolute Gasteiger partial charge is 0.325 e. The maximum atomic E-state index is 12.1. The minimum atomic E-state index is -3.36. The lowest BCUT2D eigenvalue weighted by Gasteiger charge is -2.26. The number of amides is 1. The molecular formula is C15H22NO4PS. The minimum Gasteiger partial charge on any atom is -0.324 e. The number of carbonyl (C=O) groups is 1. The van der Waals surface area contributed by atoms with Crippen LogP contribution in [0.5, 0.6) is 0 Å². The fourth-order valence-corrected chi connectivity index (χ4v) is 3.86. The molecule has 1 aliphatic rings. The van der Waals surface area contributed by atoms with Crippen molar-refractivity contribution in [3.05, 3.63) is 30.3 Å². The number of para-hydroxylation sites is 1. The third kappa shape index (κ3) is 5.45. The smallest absolute Gasteiger partial charge is 0.324 e. The number of anilines is 1. The first-order chi connectivity index (χ1) is 10.5. The second-order valence-corrected chi connectivity index (χ2v) is 8.19. The average molecular weight is 343 g/mol. The van der Waals surface area contributed by atoms with Gasteiger partial charge < -0.3 is 14.3 Å². The Labute approximate surface area is 136 Å². The topological polar surface area (TPSA) is 59.0 Å². The minimum absolute atomic E-state index is 0.0495. The van der Waals surface area contributed by atoms with Gasteiger partial charge in [-0.1, -0.05) is 37.5 Å². The summed E-state index contributed by atoms with van der Waals surface area (Å²) in [7, 11) is 1.66. The van der Waals surface area contributed by atoms with Gasteiger partial charge in [0.2, 0.25) is 0 Å². The Kier molecular flexibility index (Phi) is 6.53.